The Labute approximate surface area is 140 Å². The topological polar surface area (TPSA) is 35.6 Å². The van der Waals surface area contributed by atoms with Crippen LogP contribution in [0.1, 0.15) is 6.42 Å². The van der Waals surface area contributed by atoms with E-state index < -0.39 is 11.6 Å². The summed E-state index contributed by atoms with van der Waals surface area (Å²) in [4.78, 5) is 15.8. The van der Waals surface area contributed by atoms with Gasteiger partial charge in [0.25, 0.3) is 0 Å². The smallest absolute Gasteiger partial charge is 0.244 e. The van der Waals surface area contributed by atoms with Crippen molar-refractivity contribution in [3.05, 3.63) is 29.8 Å². The molecule has 2 heterocycles. The molecule has 1 unspecified atom stereocenters. The fourth-order valence-electron chi connectivity index (χ4n) is 2.97. The van der Waals surface area contributed by atoms with Crippen LogP contribution >= 0.6 is 24.8 Å². The summed E-state index contributed by atoms with van der Waals surface area (Å²) in [6.07, 6.45) is 0.618. The molecule has 1 amide bonds. The molecule has 1 N–H and O–H groups in total. The third kappa shape index (κ3) is 3.51. The Kier molecular flexibility index (Phi) is 6.99. The molecule has 8 heteroatoms. The Morgan fingerprint density at radius 3 is 2.23 bits per heavy atom. The average molecular weight is 354 g/mol. The van der Waals surface area contributed by atoms with Crippen molar-refractivity contribution in [1.29, 1.82) is 0 Å². The van der Waals surface area contributed by atoms with Gasteiger partial charge in [0.1, 0.15) is 17.3 Å². The van der Waals surface area contributed by atoms with E-state index in [-0.39, 0.29) is 42.5 Å². The highest BCUT2D eigenvalue weighted by Crippen LogP contribution is 2.29. The van der Waals surface area contributed by atoms with Gasteiger partial charge in [-0.1, -0.05) is 6.07 Å². The molecule has 124 valence electrons. The number of carbonyl (C=O) groups excluding carboxylic acids is 1. The second kappa shape index (κ2) is 8.06. The Morgan fingerprint density at radius 1 is 1.05 bits per heavy atom. The molecular formula is C14H19Cl2F2N3O. The van der Waals surface area contributed by atoms with Gasteiger partial charge in [0, 0.05) is 32.7 Å². The number of rotatable bonds is 2. The van der Waals surface area contributed by atoms with Gasteiger partial charge in [-0.05, 0) is 18.6 Å². The summed E-state index contributed by atoms with van der Waals surface area (Å²) in [6, 6.07) is 3.42. The van der Waals surface area contributed by atoms with E-state index in [0.29, 0.717) is 13.0 Å². The van der Waals surface area contributed by atoms with Crippen molar-refractivity contribution in [3.8, 4) is 0 Å². The first-order valence-electron chi connectivity index (χ1n) is 6.88. The van der Waals surface area contributed by atoms with Crippen molar-refractivity contribution in [3.63, 3.8) is 0 Å². The maximum absolute atomic E-state index is 13.8. The number of amides is 1. The number of nitrogens with one attached hydrogen (secondary N) is 1. The number of piperazine rings is 1. The van der Waals surface area contributed by atoms with E-state index in [1.54, 1.807) is 0 Å². The van der Waals surface area contributed by atoms with Crippen LogP contribution in [0.3, 0.4) is 0 Å². The van der Waals surface area contributed by atoms with E-state index in [0.717, 1.165) is 26.2 Å². The first-order valence-corrected chi connectivity index (χ1v) is 6.88. The second-order valence-corrected chi connectivity index (χ2v) is 5.15. The fraction of sp³-hybridized carbons (Fsp3) is 0.500. The number of para-hydroxylation sites is 1. The molecule has 0 aliphatic carbocycles. The van der Waals surface area contributed by atoms with Crippen molar-refractivity contribution >= 4 is 36.4 Å². The first kappa shape index (κ1) is 19.1. The maximum atomic E-state index is 13.8. The summed E-state index contributed by atoms with van der Waals surface area (Å²) in [5.41, 5.74) is -0.213. The second-order valence-electron chi connectivity index (χ2n) is 5.15. The molecule has 2 aliphatic rings. The Hall–Kier alpha value is -0.950. The molecule has 0 bridgehead atoms. The standard InChI is InChI=1S/C14H17F2N3O.2ClH/c15-10-2-1-3-11(16)13(10)19-7-4-12(14(19)20)18-8-5-17-6-9-18;;/h1-3,12,17H,4-9H2;2*1H. The van der Waals surface area contributed by atoms with Gasteiger partial charge >= 0.3 is 0 Å². The number of nitrogens with zero attached hydrogens (tertiary/aromatic N) is 2. The van der Waals surface area contributed by atoms with Crippen molar-refractivity contribution in [2.24, 2.45) is 0 Å². The van der Waals surface area contributed by atoms with Gasteiger partial charge in [0.05, 0.1) is 6.04 Å². The van der Waals surface area contributed by atoms with Crippen molar-refractivity contribution in [2.75, 3.05) is 37.6 Å². The van der Waals surface area contributed by atoms with Gasteiger partial charge in [-0.2, -0.15) is 0 Å². The first-order chi connectivity index (χ1) is 9.68. The van der Waals surface area contributed by atoms with Crippen LogP contribution in [-0.2, 0) is 4.79 Å². The Balaban J connectivity index is 0.00000121. The molecule has 2 aliphatic heterocycles. The molecule has 0 saturated carbocycles. The highest BCUT2D eigenvalue weighted by Gasteiger charge is 2.38. The van der Waals surface area contributed by atoms with E-state index in [1.807, 2.05) is 0 Å². The van der Waals surface area contributed by atoms with Crippen LogP contribution < -0.4 is 10.2 Å². The molecule has 0 spiro atoms. The number of anilines is 1. The molecule has 4 nitrogen and oxygen atoms in total. The largest absolute Gasteiger partial charge is 0.314 e. The molecule has 2 saturated heterocycles. The van der Waals surface area contributed by atoms with E-state index in [9.17, 15) is 13.6 Å². The van der Waals surface area contributed by atoms with Crippen LogP contribution in [0.25, 0.3) is 0 Å². The van der Waals surface area contributed by atoms with Gasteiger partial charge in [0.15, 0.2) is 0 Å². The molecule has 22 heavy (non-hydrogen) atoms. The predicted octanol–water partition coefficient (Wildman–Crippen LogP) is 1.82. The molecule has 1 aromatic carbocycles. The number of carbonyl (C=O) groups is 1. The predicted molar refractivity (Wildman–Crippen MR) is 86.1 cm³/mol. The minimum atomic E-state index is -0.681. The molecule has 1 atom stereocenters. The van der Waals surface area contributed by atoms with Gasteiger partial charge in [-0.15, -0.1) is 24.8 Å². The summed E-state index contributed by atoms with van der Waals surface area (Å²) < 4.78 is 27.6. The van der Waals surface area contributed by atoms with Crippen LogP contribution in [0.2, 0.25) is 0 Å². The van der Waals surface area contributed by atoms with Gasteiger partial charge in [-0.3, -0.25) is 9.69 Å². The highest BCUT2D eigenvalue weighted by molar-refractivity contribution is 5.99. The molecule has 0 radical (unpaired) electrons. The van der Waals surface area contributed by atoms with Crippen molar-refractivity contribution in [2.45, 2.75) is 12.5 Å². The van der Waals surface area contributed by atoms with Crippen LogP contribution in [0.4, 0.5) is 14.5 Å². The molecule has 1 aromatic rings. The minimum Gasteiger partial charge on any atom is -0.314 e. The fourth-order valence-corrected chi connectivity index (χ4v) is 2.97. The zero-order valence-electron chi connectivity index (χ0n) is 11.9. The highest BCUT2D eigenvalue weighted by atomic mass is 35.5. The number of hydrogen-bond donors (Lipinski definition) is 1. The van der Waals surface area contributed by atoms with Crippen LogP contribution in [0.15, 0.2) is 18.2 Å². The summed E-state index contributed by atoms with van der Waals surface area (Å²) in [6.45, 7) is 3.65. The number of benzene rings is 1. The zero-order valence-corrected chi connectivity index (χ0v) is 13.6. The normalized spacial score (nSPS) is 22.2. The van der Waals surface area contributed by atoms with E-state index in [4.69, 9.17) is 0 Å². The van der Waals surface area contributed by atoms with E-state index >= 15 is 0 Å². The quantitative estimate of drug-likeness (QED) is 0.880. The summed E-state index contributed by atoms with van der Waals surface area (Å²) >= 11 is 0. The van der Waals surface area contributed by atoms with Gasteiger partial charge in [0.2, 0.25) is 5.91 Å². The Bertz CT molecular complexity index is 507. The minimum absolute atomic E-state index is 0. The van der Waals surface area contributed by atoms with Crippen LogP contribution in [-0.4, -0.2) is 49.6 Å². The number of halogens is 4. The summed E-state index contributed by atoms with van der Waals surface area (Å²) in [5.74, 6) is -1.56. The lowest BCUT2D eigenvalue weighted by molar-refractivity contribution is -0.121. The lowest BCUT2D eigenvalue weighted by Gasteiger charge is -2.31. The third-order valence-electron chi connectivity index (χ3n) is 3.98. The van der Waals surface area contributed by atoms with Crippen molar-refractivity contribution < 1.29 is 13.6 Å². The number of hydrogen-bond acceptors (Lipinski definition) is 3. The van der Waals surface area contributed by atoms with Crippen LogP contribution in [0.5, 0.6) is 0 Å². The zero-order chi connectivity index (χ0) is 14.1. The van der Waals surface area contributed by atoms with Gasteiger partial charge < -0.3 is 10.2 Å². The molecule has 3 rings (SSSR count). The monoisotopic (exact) mass is 353 g/mol. The van der Waals surface area contributed by atoms with E-state index in [2.05, 4.69) is 10.2 Å². The van der Waals surface area contributed by atoms with Crippen LogP contribution in [0, 0.1) is 11.6 Å². The molecule has 0 aromatic heterocycles. The summed E-state index contributed by atoms with van der Waals surface area (Å²) in [5, 5.41) is 3.23. The SMILES string of the molecule is Cl.Cl.O=C1C(N2CCNCC2)CCN1c1c(F)cccc1F. The molecular weight excluding hydrogens is 335 g/mol. The van der Waals surface area contributed by atoms with Gasteiger partial charge in [-0.25, -0.2) is 8.78 Å². The average Bonchev–Trinajstić information content (AvgIpc) is 2.82. The molecule has 2 fully saturated rings. The van der Waals surface area contributed by atoms with Crippen molar-refractivity contribution in [1.82, 2.24) is 10.2 Å². The lowest BCUT2D eigenvalue weighted by atomic mass is 10.2. The lowest BCUT2D eigenvalue weighted by Crippen LogP contribution is -2.51. The third-order valence-corrected chi connectivity index (χ3v) is 3.98. The summed E-state index contributed by atoms with van der Waals surface area (Å²) in [7, 11) is 0. The maximum Gasteiger partial charge on any atom is 0.244 e. The Morgan fingerprint density at radius 2 is 1.64 bits per heavy atom. The van der Waals surface area contributed by atoms with E-state index in [1.165, 1.54) is 23.1 Å².